The molecule has 2 aromatic carbocycles. The van der Waals surface area contributed by atoms with Gasteiger partial charge >= 0.3 is 0 Å². The van der Waals surface area contributed by atoms with E-state index in [1.165, 1.54) is 0 Å². The average molecular weight is 529 g/mol. The molecular weight excluding hydrogens is 492 g/mol. The van der Waals surface area contributed by atoms with Crippen molar-refractivity contribution in [2.75, 3.05) is 63.4 Å². The van der Waals surface area contributed by atoms with Crippen LogP contribution < -0.4 is 24.6 Å². The van der Waals surface area contributed by atoms with Crippen LogP contribution in [0.2, 0.25) is 0 Å². The lowest BCUT2D eigenvalue weighted by Crippen LogP contribution is -2.36. The number of hydrogen-bond donors (Lipinski definition) is 1. The number of ether oxygens (including phenoxy) is 3. The van der Waals surface area contributed by atoms with E-state index in [4.69, 9.17) is 24.2 Å². The van der Waals surface area contributed by atoms with Crippen LogP contribution in [0, 0.1) is 0 Å². The first kappa shape index (κ1) is 26.6. The van der Waals surface area contributed by atoms with E-state index < -0.39 is 0 Å². The zero-order valence-corrected chi connectivity index (χ0v) is 23.1. The highest BCUT2D eigenvalue weighted by Gasteiger charge is 2.16. The van der Waals surface area contributed by atoms with Crippen LogP contribution >= 0.6 is 0 Å². The van der Waals surface area contributed by atoms with Crippen molar-refractivity contribution in [1.29, 1.82) is 0 Å². The lowest BCUT2D eigenvalue weighted by Gasteiger charge is -2.27. The number of pyridine rings is 1. The average Bonchev–Trinajstić information content (AvgIpc) is 2.99. The first-order valence-electron chi connectivity index (χ1n) is 13.3. The Labute approximate surface area is 229 Å². The van der Waals surface area contributed by atoms with E-state index in [1.54, 1.807) is 14.2 Å². The van der Waals surface area contributed by atoms with E-state index in [-0.39, 0.29) is 0 Å². The molecule has 2 aromatic heterocycles. The van der Waals surface area contributed by atoms with Gasteiger partial charge in [0.1, 0.15) is 17.3 Å². The predicted molar refractivity (Wildman–Crippen MR) is 155 cm³/mol. The number of anilines is 3. The van der Waals surface area contributed by atoms with Crippen LogP contribution in [0.5, 0.6) is 11.5 Å². The van der Waals surface area contributed by atoms with Crippen molar-refractivity contribution >= 4 is 28.2 Å². The van der Waals surface area contributed by atoms with Crippen LogP contribution in [-0.4, -0.2) is 74.6 Å². The van der Waals surface area contributed by atoms with E-state index in [0.717, 1.165) is 90.4 Å². The highest BCUT2D eigenvalue weighted by molar-refractivity contribution is 5.83. The Balaban J connectivity index is 1.47. The number of morpholine rings is 1. The Hall–Kier alpha value is -3.95. The maximum Gasteiger partial charge on any atom is 0.128 e. The zero-order chi connectivity index (χ0) is 27.2. The fourth-order valence-corrected chi connectivity index (χ4v) is 4.64. The van der Waals surface area contributed by atoms with Crippen LogP contribution in [-0.2, 0) is 4.74 Å². The molecule has 0 saturated carbocycles. The second-order valence-corrected chi connectivity index (χ2v) is 9.76. The van der Waals surface area contributed by atoms with Crippen LogP contribution in [0.25, 0.3) is 22.3 Å². The maximum absolute atomic E-state index is 5.55. The molecule has 5 rings (SSSR count). The summed E-state index contributed by atoms with van der Waals surface area (Å²) in [5.74, 6) is 2.43. The molecule has 39 heavy (non-hydrogen) atoms. The minimum atomic E-state index is 0.389. The standard InChI is InChI=1S/C30H36N6O3/c1-21(2)31-9-10-36(24-15-25(37-3)18-26(16-24)38-4)23-6-7-27-28(17-23)34-29(20-32-27)22-5-8-30(33-19-22)35-11-13-39-14-12-35/h5-8,15-21,31H,9-14H2,1-4H3. The van der Waals surface area contributed by atoms with Gasteiger partial charge in [0, 0.05) is 73.6 Å². The summed E-state index contributed by atoms with van der Waals surface area (Å²) in [6, 6.07) is 16.6. The number of rotatable bonds is 10. The third-order valence-electron chi connectivity index (χ3n) is 6.75. The van der Waals surface area contributed by atoms with Gasteiger partial charge in [0.15, 0.2) is 0 Å². The van der Waals surface area contributed by atoms with Gasteiger partial charge in [-0.15, -0.1) is 0 Å². The molecule has 0 aliphatic carbocycles. The van der Waals surface area contributed by atoms with Gasteiger partial charge in [0.25, 0.3) is 0 Å². The smallest absolute Gasteiger partial charge is 0.128 e. The minimum Gasteiger partial charge on any atom is -0.497 e. The second kappa shape index (κ2) is 12.3. The third-order valence-corrected chi connectivity index (χ3v) is 6.75. The number of methoxy groups -OCH3 is 2. The summed E-state index contributed by atoms with van der Waals surface area (Å²) in [5, 5.41) is 3.52. The van der Waals surface area contributed by atoms with Gasteiger partial charge in [-0.25, -0.2) is 9.97 Å². The molecule has 1 N–H and O–H groups in total. The van der Waals surface area contributed by atoms with Gasteiger partial charge in [0.05, 0.1) is 50.4 Å². The molecule has 9 nitrogen and oxygen atoms in total. The summed E-state index contributed by atoms with van der Waals surface area (Å²) in [5.41, 5.74) is 5.36. The normalized spacial score (nSPS) is 13.6. The lowest BCUT2D eigenvalue weighted by atomic mass is 10.1. The highest BCUT2D eigenvalue weighted by atomic mass is 16.5. The zero-order valence-electron chi connectivity index (χ0n) is 23.1. The SMILES string of the molecule is COc1cc(OC)cc(N(CCNC(C)C)c2ccc3ncc(-c4ccc(N5CCOCC5)nc4)nc3c2)c1. The molecule has 0 amide bonds. The summed E-state index contributed by atoms with van der Waals surface area (Å²) in [4.78, 5) is 18.8. The summed E-state index contributed by atoms with van der Waals surface area (Å²) < 4.78 is 16.6. The van der Waals surface area contributed by atoms with Crippen LogP contribution in [0.15, 0.2) is 60.9 Å². The Morgan fingerprint density at radius 1 is 0.897 bits per heavy atom. The Kier molecular flexibility index (Phi) is 8.39. The van der Waals surface area contributed by atoms with E-state index >= 15 is 0 Å². The molecule has 3 heterocycles. The molecular formula is C30H36N6O3. The van der Waals surface area contributed by atoms with Crippen molar-refractivity contribution in [2.45, 2.75) is 19.9 Å². The van der Waals surface area contributed by atoms with E-state index in [9.17, 15) is 0 Å². The second-order valence-electron chi connectivity index (χ2n) is 9.76. The van der Waals surface area contributed by atoms with Crippen LogP contribution in [0.3, 0.4) is 0 Å². The Morgan fingerprint density at radius 2 is 1.67 bits per heavy atom. The molecule has 0 atom stereocenters. The van der Waals surface area contributed by atoms with Gasteiger partial charge < -0.3 is 29.3 Å². The molecule has 1 aliphatic rings. The topological polar surface area (TPSA) is 84.9 Å². The quantitative estimate of drug-likeness (QED) is 0.315. The number of nitrogens with zero attached hydrogens (tertiary/aromatic N) is 5. The van der Waals surface area contributed by atoms with Crippen molar-refractivity contribution in [3.05, 3.63) is 60.9 Å². The molecule has 1 fully saturated rings. The number of benzene rings is 2. The van der Waals surface area contributed by atoms with Gasteiger partial charge in [-0.3, -0.25) is 4.98 Å². The molecule has 0 radical (unpaired) electrons. The molecule has 0 spiro atoms. The van der Waals surface area contributed by atoms with Crippen molar-refractivity contribution in [3.8, 4) is 22.8 Å². The number of aromatic nitrogens is 3. The van der Waals surface area contributed by atoms with Crippen LogP contribution in [0.1, 0.15) is 13.8 Å². The minimum absolute atomic E-state index is 0.389. The van der Waals surface area contributed by atoms with E-state index in [2.05, 4.69) is 52.1 Å². The molecule has 4 aromatic rings. The molecule has 1 saturated heterocycles. The molecule has 0 unspecified atom stereocenters. The summed E-state index contributed by atoms with van der Waals surface area (Å²) in [6.45, 7) is 9.02. The molecule has 9 heteroatoms. The third kappa shape index (κ3) is 6.38. The predicted octanol–water partition coefficient (Wildman–Crippen LogP) is 4.68. The molecule has 204 valence electrons. The van der Waals surface area contributed by atoms with Gasteiger partial charge in [-0.2, -0.15) is 0 Å². The fourth-order valence-electron chi connectivity index (χ4n) is 4.64. The summed E-state index contributed by atoms with van der Waals surface area (Å²) in [7, 11) is 3.33. The van der Waals surface area contributed by atoms with E-state index in [0.29, 0.717) is 6.04 Å². The molecule has 1 aliphatic heterocycles. The maximum atomic E-state index is 5.55. The fraction of sp³-hybridized carbons (Fsp3) is 0.367. The van der Waals surface area contributed by atoms with Gasteiger partial charge in [-0.1, -0.05) is 13.8 Å². The molecule has 0 bridgehead atoms. The van der Waals surface area contributed by atoms with Crippen molar-refractivity contribution in [3.63, 3.8) is 0 Å². The summed E-state index contributed by atoms with van der Waals surface area (Å²) in [6.07, 6.45) is 3.68. The first-order valence-corrected chi connectivity index (χ1v) is 13.3. The van der Waals surface area contributed by atoms with Crippen molar-refractivity contribution < 1.29 is 14.2 Å². The summed E-state index contributed by atoms with van der Waals surface area (Å²) >= 11 is 0. The number of nitrogens with one attached hydrogen (secondary N) is 1. The van der Waals surface area contributed by atoms with Gasteiger partial charge in [0.2, 0.25) is 0 Å². The number of fused-ring (bicyclic) bond motifs is 1. The number of hydrogen-bond acceptors (Lipinski definition) is 9. The largest absolute Gasteiger partial charge is 0.497 e. The lowest BCUT2D eigenvalue weighted by molar-refractivity contribution is 0.122. The van der Waals surface area contributed by atoms with Crippen molar-refractivity contribution in [2.24, 2.45) is 0 Å². The Bertz CT molecular complexity index is 1370. The highest BCUT2D eigenvalue weighted by Crippen LogP contribution is 2.34. The van der Waals surface area contributed by atoms with Crippen molar-refractivity contribution in [1.82, 2.24) is 20.3 Å². The van der Waals surface area contributed by atoms with Gasteiger partial charge in [-0.05, 0) is 30.3 Å². The first-order chi connectivity index (χ1) is 19.0. The monoisotopic (exact) mass is 528 g/mol. The Morgan fingerprint density at radius 3 is 2.33 bits per heavy atom. The van der Waals surface area contributed by atoms with Crippen LogP contribution in [0.4, 0.5) is 17.2 Å². The van der Waals surface area contributed by atoms with E-state index in [1.807, 2.05) is 42.7 Å².